The summed E-state index contributed by atoms with van der Waals surface area (Å²) < 4.78 is 1.91. The van der Waals surface area contributed by atoms with Crippen molar-refractivity contribution in [3.05, 3.63) is 23.5 Å². The molecule has 2 aromatic heterocycles. The fourth-order valence-corrected chi connectivity index (χ4v) is 1.99. The molecule has 0 aliphatic heterocycles. The van der Waals surface area contributed by atoms with Gasteiger partial charge in [0.05, 0.1) is 11.6 Å². The Kier molecular flexibility index (Phi) is 2.25. The molecule has 74 valence electrons. The lowest BCUT2D eigenvalue weighted by molar-refractivity contribution is -0.141. The van der Waals surface area contributed by atoms with Crippen LogP contribution in [0.3, 0.4) is 0 Å². The number of carbonyl (C=O) groups is 1. The smallest absolute Gasteiger partial charge is 0.306 e. The number of aliphatic carboxylic acids is 1. The summed E-state index contributed by atoms with van der Waals surface area (Å²) in [7, 11) is 0. The van der Waals surface area contributed by atoms with Crippen molar-refractivity contribution in [2.75, 3.05) is 0 Å². The van der Waals surface area contributed by atoms with Crippen molar-refractivity contribution in [1.82, 2.24) is 9.38 Å². The third-order valence-corrected chi connectivity index (χ3v) is 2.85. The van der Waals surface area contributed by atoms with Crippen LogP contribution < -0.4 is 0 Å². The van der Waals surface area contributed by atoms with Gasteiger partial charge in [-0.3, -0.25) is 9.20 Å². The zero-order chi connectivity index (χ0) is 10.1. The first-order valence-corrected chi connectivity index (χ1v) is 5.18. The molecule has 2 rings (SSSR count). The van der Waals surface area contributed by atoms with Gasteiger partial charge in [-0.1, -0.05) is 6.92 Å². The number of aromatic nitrogens is 2. The normalized spacial score (nSPS) is 13.2. The molecule has 0 saturated heterocycles. The van der Waals surface area contributed by atoms with Gasteiger partial charge in [0.2, 0.25) is 0 Å². The van der Waals surface area contributed by atoms with Gasteiger partial charge in [0.15, 0.2) is 4.96 Å². The summed E-state index contributed by atoms with van der Waals surface area (Å²) in [6.07, 6.45) is 4.29. The van der Waals surface area contributed by atoms with Crippen LogP contribution in [0.2, 0.25) is 0 Å². The van der Waals surface area contributed by atoms with E-state index in [0.717, 1.165) is 10.7 Å². The minimum Gasteiger partial charge on any atom is -0.481 e. The van der Waals surface area contributed by atoms with Crippen LogP contribution in [-0.4, -0.2) is 20.5 Å². The molecule has 1 N–H and O–H groups in total. The van der Waals surface area contributed by atoms with E-state index >= 15 is 0 Å². The van der Waals surface area contributed by atoms with E-state index in [4.69, 9.17) is 5.11 Å². The molecular formula is C9H10N2O2S. The van der Waals surface area contributed by atoms with Crippen molar-refractivity contribution in [2.24, 2.45) is 5.92 Å². The van der Waals surface area contributed by atoms with Crippen molar-refractivity contribution in [2.45, 2.75) is 13.3 Å². The van der Waals surface area contributed by atoms with E-state index in [9.17, 15) is 4.79 Å². The van der Waals surface area contributed by atoms with Crippen LogP contribution in [0.25, 0.3) is 4.96 Å². The maximum Gasteiger partial charge on any atom is 0.306 e. The summed E-state index contributed by atoms with van der Waals surface area (Å²) in [5.74, 6) is -1.15. The Balaban J connectivity index is 2.19. The Morgan fingerprint density at radius 3 is 3.21 bits per heavy atom. The predicted molar refractivity (Wildman–Crippen MR) is 53.6 cm³/mol. The molecule has 0 saturated carbocycles. The maximum atomic E-state index is 10.6. The molecule has 1 atom stereocenters. The largest absolute Gasteiger partial charge is 0.481 e. The highest BCUT2D eigenvalue weighted by Gasteiger charge is 2.13. The molecule has 4 nitrogen and oxygen atoms in total. The van der Waals surface area contributed by atoms with Crippen LogP contribution in [0.4, 0.5) is 0 Å². The van der Waals surface area contributed by atoms with Gasteiger partial charge in [-0.05, 0) is 0 Å². The lowest BCUT2D eigenvalue weighted by atomic mass is 10.1. The molecule has 0 aliphatic rings. The van der Waals surface area contributed by atoms with Crippen molar-refractivity contribution in [3.8, 4) is 0 Å². The van der Waals surface area contributed by atoms with E-state index in [1.807, 2.05) is 22.2 Å². The van der Waals surface area contributed by atoms with Crippen LogP contribution in [0.15, 0.2) is 17.8 Å². The second kappa shape index (κ2) is 3.42. The maximum absolute atomic E-state index is 10.6. The number of rotatable bonds is 3. The Morgan fingerprint density at radius 2 is 2.57 bits per heavy atom. The summed E-state index contributed by atoms with van der Waals surface area (Å²) in [4.78, 5) is 15.9. The van der Waals surface area contributed by atoms with Crippen LogP contribution >= 0.6 is 11.3 Å². The zero-order valence-corrected chi connectivity index (χ0v) is 8.49. The number of carboxylic acids is 1. The molecule has 2 aromatic rings. The summed E-state index contributed by atoms with van der Waals surface area (Å²) in [5, 5.41) is 10.7. The molecule has 0 radical (unpaired) electrons. The zero-order valence-electron chi connectivity index (χ0n) is 7.67. The van der Waals surface area contributed by atoms with E-state index in [1.54, 1.807) is 18.3 Å². The molecule has 0 bridgehead atoms. The topological polar surface area (TPSA) is 54.6 Å². The molecule has 2 heterocycles. The van der Waals surface area contributed by atoms with Gasteiger partial charge < -0.3 is 5.11 Å². The van der Waals surface area contributed by atoms with Crippen LogP contribution in [0, 0.1) is 5.92 Å². The number of fused-ring (bicyclic) bond motifs is 1. The van der Waals surface area contributed by atoms with Crippen molar-refractivity contribution in [1.29, 1.82) is 0 Å². The van der Waals surface area contributed by atoms with Crippen LogP contribution in [0.5, 0.6) is 0 Å². The van der Waals surface area contributed by atoms with Gasteiger partial charge in [0.25, 0.3) is 0 Å². The highest BCUT2D eigenvalue weighted by Crippen LogP contribution is 2.14. The predicted octanol–water partition coefficient (Wildman–Crippen LogP) is 1.66. The number of hydrogen-bond acceptors (Lipinski definition) is 3. The molecule has 5 heteroatoms. The second-order valence-electron chi connectivity index (χ2n) is 3.27. The van der Waals surface area contributed by atoms with Crippen LogP contribution in [-0.2, 0) is 11.2 Å². The fourth-order valence-electron chi connectivity index (χ4n) is 1.28. The highest BCUT2D eigenvalue weighted by molar-refractivity contribution is 7.15. The Morgan fingerprint density at radius 1 is 1.79 bits per heavy atom. The van der Waals surface area contributed by atoms with Gasteiger partial charge >= 0.3 is 5.97 Å². The quantitative estimate of drug-likeness (QED) is 0.838. The van der Waals surface area contributed by atoms with Gasteiger partial charge in [-0.25, -0.2) is 4.98 Å². The number of carboxylic acid groups (broad SMARTS) is 1. The van der Waals surface area contributed by atoms with E-state index in [1.165, 1.54) is 0 Å². The summed E-state index contributed by atoms with van der Waals surface area (Å²) in [6.45, 7) is 1.69. The molecule has 0 aromatic carbocycles. The average molecular weight is 210 g/mol. The lowest BCUT2D eigenvalue weighted by Crippen LogP contribution is -2.12. The Labute approximate surface area is 84.8 Å². The molecule has 0 amide bonds. The monoisotopic (exact) mass is 210 g/mol. The molecule has 1 unspecified atom stereocenters. The Bertz CT molecular complexity index is 432. The van der Waals surface area contributed by atoms with Crippen molar-refractivity contribution >= 4 is 22.3 Å². The summed E-state index contributed by atoms with van der Waals surface area (Å²) in [5.41, 5.74) is 0.840. The minimum absolute atomic E-state index is 0.375. The summed E-state index contributed by atoms with van der Waals surface area (Å²) in [6, 6.07) is 0. The Hall–Kier alpha value is -1.36. The lowest BCUT2D eigenvalue weighted by Gasteiger charge is -2.01. The number of hydrogen-bond donors (Lipinski definition) is 1. The standard InChI is InChI=1S/C9H10N2O2S/c1-6(8(12)13)4-7-5-11-2-3-14-9(11)10-7/h2-3,5-6H,4H2,1H3,(H,12,13). The van der Waals surface area contributed by atoms with Gasteiger partial charge in [-0.15, -0.1) is 11.3 Å². The molecule has 0 aliphatic carbocycles. The van der Waals surface area contributed by atoms with Crippen LogP contribution in [0.1, 0.15) is 12.6 Å². The van der Waals surface area contributed by atoms with E-state index in [2.05, 4.69) is 4.98 Å². The fraction of sp³-hybridized carbons (Fsp3) is 0.333. The SMILES string of the molecule is CC(Cc1cn2ccsc2n1)C(=O)O. The van der Waals surface area contributed by atoms with E-state index < -0.39 is 5.97 Å². The third kappa shape index (κ3) is 1.63. The second-order valence-corrected chi connectivity index (χ2v) is 4.14. The molecule has 0 spiro atoms. The van der Waals surface area contributed by atoms with Gasteiger partial charge in [0.1, 0.15) is 0 Å². The first-order chi connectivity index (χ1) is 6.66. The first-order valence-electron chi connectivity index (χ1n) is 4.30. The molecular weight excluding hydrogens is 200 g/mol. The average Bonchev–Trinajstić information content (AvgIpc) is 2.63. The van der Waals surface area contributed by atoms with Gasteiger partial charge in [-0.2, -0.15) is 0 Å². The number of nitrogens with zero attached hydrogens (tertiary/aromatic N) is 2. The highest BCUT2D eigenvalue weighted by atomic mass is 32.1. The van der Waals surface area contributed by atoms with Crippen molar-refractivity contribution < 1.29 is 9.90 Å². The number of thiazole rings is 1. The van der Waals surface area contributed by atoms with Crippen molar-refractivity contribution in [3.63, 3.8) is 0 Å². The third-order valence-electron chi connectivity index (χ3n) is 2.08. The summed E-state index contributed by atoms with van der Waals surface area (Å²) >= 11 is 1.55. The van der Waals surface area contributed by atoms with Gasteiger partial charge in [0, 0.05) is 24.2 Å². The minimum atomic E-state index is -0.777. The molecule has 14 heavy (non-hydrogen) atoms. The first kappa shape index (κ1) is 9.21. The number of imidazole rings is 1. The van der Waals surface area contributed by atoms with E-state index in [0.29, 0.717) is 6.42 Å². The van der Waals surface area contributed by atoms with E-state index in [-0.39, 0.29) is 5.92 Å². The molecule has 0 fully saturated rings.